The molecule has 16 heavy (non-hydrogen) atoms. The van der Waals surface area contributed by atoms with E-state index in [2.05, 4.69) is 15.5 Å². The molecule has 0 aliphatic heterocycles. The molecule has 1 aromatic rings. The van der Waals surface area contributed by atoms with Crippen molar-refractivity contribution in [1.29, 1.82) is 0 Å². The van der Waals surface area contributed by atoms with Crippen LogP contribution in [0.4, 0.5) is 5.82 Å². The summed E-state index contributed by atoms with van der Waals surface area (Å²) in [6.45, 7) is 2.57. The second kappa shape index (κ2) is 6.02. The summed E-state index contributed by atoms with van der Waals surface area (Å²) in [5.74, 6) is 0.555. The minimum atomic E-state index is -0.297. The zero-order chi connectivity index (χ0) is 12.0. The quantitative estimate of drug-likeness (QED) is 0.659. The first-order valence-electron chi connectivity index (χ1n) is 5.17. The molecule has 0 spiro atoms. The SMILES string of the molecule is CC(CN)CCC(=O)Nc1ccc(=O)[nH]n1. The van der Waals surface area contributed by atoms with E-state index in [0.29, 0.717) is 24.7 Å². The van der Waals surface area contributed by atoms with E-state index in [1.54, 1.807) is 0 Å². The molecule has 88 valence electrons. The smallest absolute Gasteiger partial charge is 0.264 e. The zero-order valence-electron chi connectivity index (χ0n) is 9.19. The first kappa shape index (κ1) is 12.4. The lowest BCUT2D eigenvalue weighted by Gasteiger charge is -2.07. The van der Waals surface area contributed by atoms with Gasteiger partial charge in [0.25, 0.3) is 5.56 Å². The van der Waals surface area contributed by atoms with Gasteiger partial charge in [-0.1, -0.05) is 6.92 Å². The lowest BCUT2D eigenvalue weighted by atomic mass is 10.1. The topological polar surface area (TPSA) is 101 Å². The predicted molar refractivity (Wildman–Crippen MR) is 60.9 cm³/mol. The van der Waals surface area contributed by atoms with E-state index in [0.717, 1.165) is 6.42 Å². The summed E-state index contributed by atoms with van der Waals surface area (Å²) in [6.07, 6.45) is 1.14. The molecule has 4 N–H and O–H groups in total. The molecule has 1 atom stereocenters. The third kappa shape index (κ3) is 4.22. The third-order valence-corrected chi connectivity index (χ3v) is 2.21. The second-order valence-electron chi connectivity index (χ2n) is 3.73. The van der Waals surface area contributed by atoms with Gasteiger partial charge >= 0.3 is 0 Å². The van der Waals surface area contributed by atoms with Gasteiger partial charge in [-0.3, -0.25) is 9.59 Å². The lowest BCUT2D eigenvalue weighted by Crippen LogP contribution is -2.18. The van der Waals surface area contributed by atoms with Crippen LogP contribution in [0.1, 0.15) is 19.8 Å². The summed E-state index contributed by atoms with van der Waals surface area (Å²) in [7, 11) is 0. The average molecular weight is 224 g/mol. The number of anilines is 1. The van der Waals surface area contributed by atoms with Gasteiger partial charge in [0, 0.05) is 12.5 Å². The highest BCUT2D eigenvalue weighted by Gasteiger charge is 2.06. The number of hydrogen-bond donors (Lipinski definition) is 3. The standard InChI is InChI=1S/C10H16N4O2/c1-7(6-11)2-4-9(15)12-8-3-5-10(16)14-13-8/h3,5,7H,2,4,6,11H2,1H3,(H,14,16)(H,12,13,15). The van der Waals surface area contributed by atoms with Gasteiger partial charge in [-0.2, -0.15) is 5.10 Å². The van der Waals surface area contributed by atoms with Crippen molar-refractivity contribution < 1.29 is 4.79 Å². The highest BCUT2D eigenvalue weighted by molar-refractivity contribution is 5.89. The number of rotatable bonds is 5. The number of H-pyrrole nitrogens is 1. The van der Waals surface area contributed by atoms with Crippen LogP contribution in [0, 0.1) is 5.92 Å². The minimum absolute atomic E-state index is 0.125. The van der Waals surface area contributed by atoms with Crippen LogP contribution < -0.4 is 16.6 Å². The van der Waals surface area contributed by atoms with Crippen LogP contribution in [0.5, 0.6) is 0 Å². The molecule has 1 unspecified atom stereocenters. The van der Waals surface area contributed by atoms with E-state index in [1.165, 1.54) is 12.1 Å². The van der Waals surface area contributed by atoms with Gasteiger partial charge in [0.15, 0.2) is 5.82 Å². The molecule has 1 aromatic heterocycles. The number of nitrogens with one attached hydrogen (secondary N) is 2. The van der Waals surface area contributed by atoms with Crippen molar-refractivity contribution in [3.05, 3.63) is 22.5 Å². The minimum Gasteiger partial charge on any atom is -0.330 e. The zero-order valence-corrected chi connectivity index (χ0v) is 9.19. The molecule has 0 fully saturated rings. The Balaban J connectivity index is 2.40. The molecule has 0 radical (unpaired) electrons. The first-order valence-corrected chi connectivity index (χ1v) is 5.17. The molecule has 1 amide bonds. The van der Waals surface area contributed by atoms with Gasteiger partial charge in [0.05, 0.1) is 0 Å². The van der Waals surface area contributed by atoms with Crippen LogP contribution in [0.2, 0.25) is 0 Å². The van der Waals surface area contributed by atoms with Crippen molar-refractivity contribution in [2.45, 2.75) is 19.8 Å². The van der Waals surface area contributed by atoms with Gasteiger partial charge in [0.1, 0.15) is 0 Å². The predicted octanol–water partition coefficient (Wildman–Crippen LogP) is 0.0834. The normalized spacial score (nSPS) is 12.1. The van der Waals surface area contributed by atoms with Crippen molar-refractivity contribution in [1.82, 2.24) is 10.2 Å². The molecule has 0 saturated heterocycles. The first-order chi connectivity index (χ1) is 7.61. The van der Waals surface area contributed by atoms with Crippen LogP contribution in [-0.4, -0.2) is 22.6 Å². The van der Waals surface area contributed by atoms with Gasteiger partial charge in [-0.25, -0.2) is 5.10 Å². The number of carbonyl (C=O) groups excluding carboxylic acids is 1. The molecule has 0 bridgehead atoms. The van der Waals surface area contributed by atoms with E-state index < -0.39 is 0 Å². The van der Waals surface area contributed by atoms with E-state index in [1.807, 2.05) is 6.92 Å². The largest absolute Gasteiger partial charge is 0.330 e. The summed E-state index contributed by atoms with van der Waals surface area (Å²) in [5, 5.41) is 8.50. The molecule has 0 saturated carbocycles. The van der Waals surface area contributed by atoms with E-state index in [-0.39, 0.29) is 11.5 Å². The number of nitrogens with two attached hydrogens (primary N) is 1. The highest BCUT2D eigenvalue weighted by atomic mass is 16.1. The van der Waals surface area contributed by atoms with Crippen molar-refractivity contribution in [2.75, 3.05) is 11.9 Å². The highest BCUT2D eigenvalue weighted by Crippen LogP contribution is 2.05. The van der Waals surface area contributed by atoms with Gasteiger partial charge in [0.2, 0.25) is 5.91 Å². The fraction of sp³-hybridized carbons (Fsp3) is 0.500. The van der Waals surface area contributed by atoms with E-state index in [4.69, 9.17) is 5.73 Å². The van der Waals surface area contributed by atoms with E-state index in [9.17, 15) is 9.59 Å². The molecular formula is C10H16N4O2. The number of hydrogen-bond acceptors (Lipinski definition) is 4. The Kier molecular flexibility index (Phi) is 4.65. The van der Waals surface area contributed by atoms with Crippen molar-refractivity contribution >= 4 is 11.7 Å². The molecule has 1 rings (SSSR count). The monoisotopic (exact) mass is 224 g/mol. The van der Waals surface area contributed by atoms with E-state index >= 15 is 0 Å². The molecule has 0 aromatic carbocycles. The number of nitrogens with zero attached hydrogens (tertiary/aromatic N) is 1. The van der Waals surface area contributed by atoms with Crippen LogP contribution in [0.25, 0.3) is 0 Å². The van der Waals surface area contributed by atoms with Crippen LogP contribution in [0.15, 0.2) is 16.9 Å². The molecule has 0 aliphatic rings. The van der Waals surface area contributed by atoms with Crippen molar-refractivity contribution in [2.24, 2.45) is 11.7 Å². The fourth-order valence-corrected chi connectivity index (χ4v) is 1.11. The number of amides is 1. The number of carbonyl (C=O) groups is 1. The Bertz CT molecular complexity index is 382. The molecule has 1 heterocycles. The summed E-state index contributed by atoms with van der Waals surface area (Å²) in [5.41, 5.74) is 5.15. The van der Waals surface area contributed by atoms with Crippen molar-refractivity contribution in [3.63, 3.8) is 0 Å². The maximum absolute atomic E-state index is 11.4. The summed E-state index contributed by atoms with van der Waals surface area (Å²) < 4.78 is 0. The number of aromatic amines is 1. The molecule has 0 aliphatic carbocycles. The Morgan fingerprint density at radius 2 is 2.38 bits per heavy atom. The average Bonchev–Trinajstić information content (AvgIpc) is 2.29. The Labute approximate surface area is 93.2 Å². The van der Waals surface area contributed by atoms with Gasteiger partial charge in [-0.05, 0) is 24.9 Å². The summed E-state index contributed by atoms with van der Waals surface area (Å²) in [6, 6.07) is 2.77. The third-order valence-electron chi connectivity index (χ3n) is 2.21. The van der Waals surface area contributed by atoms with Crippen molar-refractivity contribution in [3.8, 4) is 0 Å². The van der Waals surface area contributed by atoms with Crippen LogP contribution in [-0.2, 0) is 4.79 Å². The summed E-state index contributed by atoms with van der Waals surface area (Å²) >= 11 is 0. The number of aromatic nitrogens is 2. The Morgan fingerprint density at radius 1 is 1.62 bits per heavy atom. The van der Waals surface area contributed by atoms with Gasteiger partial charge < -0.3 is 11.1 Å². The maximum Gasteiger partial charge on any atom is 0.264 e. The lowest BCUT2D eigenvalue weighted by molar-refractivity contribution is -0.116. The van der Waals surface area contributed by atoms with Gasteiger partial charge in [-0.15, -0.1) is 0 Å². The molecule has 6 nitrogen and oxygen atoms in total. The second-order valence-corrected chi connectivity index (χ2v) is 3.73. The fourth-order valence-electron chi connectivity index (χ4n) is 1.11. The molecule has 6 heteroatoms. The Hall–Kier alpha value is -1.69. The Morgan fingerprint density at radius 3 is 2.94 bits per heavy atom. The molecular weight excluding hydrogens is 208 g/mol. The van der Waals surface area contributed by atoms with Crippen LogP contribution in [0.3, 0.4) is 0 Å². The van der Waals surface area contributed by atoms with Crippen LogP contribution >= 0.6 is 0 Å². The maximum atomic E-state index is 11.4. The summed E-state index contributed by atoms with van der Waals surface area (Å²) in [4.78, 5) is 22.2.